The maximum Gasteiger partial charge on any atom is 0.339 e. The molecule has 0 aliphatic carbocycles. The first-order valence-electron chi connectivity index (χ1n) is 6.39. The SMILES string of the molecule is O=C(COC(=O)c1cc[n+]([O-])cc1)Nc1c(F)c(F)c(F)c(F)c1F. The molecular formula is C14H7F5N2O4. The number of amides is 1. The monoisotopic (exact) mass is 362 g/mol. The molecule has 0 aliphatic rings. The molecule has 1 N–H and O–H groups in total. The maximum atomic E-state index is 13.4. The average Bonchev–Trinajstić information content (AvgIpc) is 2.60. The van der Waals surface area contributed by atoms with Gasteiger partial charge in [-0.05, 0) is 0 Å². The molecule has 0 atom stereocenters. The predicted octanol–water partition coefficient (Wildman–Crippen LogP) is 1.81. The van der Waals surface area contributed by atoms with E-state index in [0.717, 1.165) is 24.5 Å². The van der Waals surface area contributed by atoms with Gasteiger partial charge in [-0.1, -0.05) is 0 Å². The Bertz CT molecular complexity index is 813. The summed E-state index contributed by atoms with van der Waals surface area (Å²) in [5, 5.41) is 12.2. The molecule has 1 amide bonds. The first kappa shape index (κ1) is 18.1. The highest BCUT2D eigenvalue weighted by Gasteiger charge is 2.27. The van der Waals surface area contributed by atoms with Crippen LogP contribution >= 0.6 is 0 Å². The molecule has 2 aromatic rings. The second-order valence-corrected chi connectivity index (χ2v) is 4.52. The van der Waals surface area contributed by atoms with Crippen molar-refractivity contribution in [1.29, 1.82) is 0 Å². The number of benzene rings is 1. The first-order chi connectivity index (χ1) is 11.7. The smallest absolute Gasteiger partial charge is 0.339 e. The van der Waals surface area contributed by atoms with Crippen molar-refractivity contribution in [1.82, 2.24) is 0 Å². The van der Waals surface area contributed by atoms with Crippen LogP contribution in [0.25, 0.3) is 0 Å². The van der Waals surface area contributed by atoms with Crippen LogP contribution in [0, 0.1) is 34.3 Å². The van der Waals surface area contributed by atoms with Gasteiger partial charge in [0.1, 0.15) is 5.69 Å². The Hall–Kier alpha value is -3.24. The Morgan fingerprint density at radius 3 is 1.96 bits per heavy atom. The van der Waals surface area contributed by atoms with Crippen molar-refractivity contribution in [2.75, 3.05) is 11.9 Å². The third-order valence-electron chi connectivity index (χ3n) is 2.85. The standard InChI is InChI=1S/C14H7F5N2O4/c15-8-9(16)11(18)13(12(19)10(8)17)20-7(22)5-25-14(23)6-1-3-21(24)4-2-6/h1-4H,5H2,(H,20,22). The molecule has 0 bridgehead atoms. The molecule has 132 valence electrons. The highest BCUT2D eigenvalue weighted by Crippen LogP contribution is 2.26. The molecule has 0 radical (unpaired) electrons. The molecular weight excluding hydrogens is 355 g/mol. The van der Waals surface area contributed by atoms with Gasteiger partial charge in [0.15, 0.2) is 42.3 Å². The summed E-state index contributed by atoms with van der Waals surface area (Å²) in [5.41, 5.74) is -1.67. The van der Waals surface area contributed by atoms with Crippen molar-refractivity contribution in [2.24, 2.45) is 0 Å². The highest BCUT2D eigenvalue weighted by atomic mass is 19.2. The molecule has 1 heterocycles. The molecule has 0 fully saturated rings. The number of rotatable bonds is 4. The van der Waals surface area contributed by atoms with Crippen LogP contribution in [0.2, 0.25) is 0 Å². The summed E-state index contributed by atoms with van der Waals surface area (Å²) in [6.07, 6.45) is 1.96. The Kier molecular flexibility index (Phi) is 5.15. The van der Waals surface area contributed by atoms with Crippen LogP contribution < -0.4 is 10.0 Å². The van der Waals surface area contributed by atoms with Gasteiger partial charge >= 0.3 is 5.97 Å². The van der Waals surface area contributed by atoms with Crippen LogP contribution in [-0.2, 0) is 9.53 Å². The van der Waals surface area contributed by atoms with Gasteiger partial charge < -0.3 is 15.3 Å². The molecule has 0 unspecified atom stereocenters. The lowest BCUT2D eigenvalue weighted by molar-refractivity contribution is -0.605. The fourth-order valence-electron chi connectivity index (χ4n) is 1.65. The zero-order chi connectivity index (χ0) is 18.7. The summed E-state index contributed by atoms with van der Waals surface area (Å²) in [6, 6.07) is 2.16. The van der Waals surface area contributed by atoms with Crippen LogP contribution in [-0.4, -0.2) is 18.5 Å². The van der Waals surface area contributed by atoms with Gasteiger partial charge in [-0.2, -0.15) is 4.73 Å². The second-order valence-electron chi connectivity index (χ2n) is 4.52. The second kappa shape index (κ2) is 7.11. The minimum Gasteiger partial charge on any atom is -0.619 e. The van der Waals surface area contributed by atoms with Gasteiger partial charge in [0, 0.05) is 12.1 Å². The van der Waals surface area contributed by atoms with Crippen LogP contribution in [0.5, 0.6) is 0 Å². The minimum absolute atomic E-state index is 0.101. The lowest BCUT2D eigenvalue weighted by atomic mass is 10.2. The fraction of sp³-hybridized carbons (Fsp3) is 0.0714. The zero-order valence-corrected chi connectivity index (χ0v) is 12.0. The zero-order valence-electron chi connectivity index (χ0n) is 12.0. The molecule has 1 aromatic heterocycles. The Balaban J connectivity index is 2.06. The number of halogens is 5. The first-order valence-corrected chi connectivity index (χ1v) is 6.39. The van der Waals surface area contributed by atoms with E-state index in [-0.39, 0.29) is 5.56 Å². The van der Waals surface area contributed by atoms with Crippen molar-refractivity contribution in [2.45, 2.75) is 0 Å². The number of anilines is 1. The highest BCUT2D eigenvalue weighted by molar-refractivity contribution is 5.95. The van der Waals surface area contributed by atoms with E-state index in [1.807, 2.05) is 0 Å². The fourth-order valence-corrected chi connectivity index (χ4v) is 1.65. The third kappa shape index (κ3) is 3.82. The average molecular weight is 362 g/mol. The molecule has 1 aromatic carbocycles. The van der Waals surface area contributed by atoms with E-state index >= 15 is 0 Å². The van der Waals surface area contributed by atoms with Crippen LogP contribution in [0.4, 0.5) is 27.6 Å². The number of carbonyl (C=O) groups is 2. The van der Waals surface area contributed by atoms with Gasteiger partial charge in [0.05, 0.1) is 5.56 Å². The van der Waals surface area contributed by atoms with Gasteiger partial charge in [0.25, 0.3) is 5.91 Å². The summed E-state index contributed by atoms with van der Waals surface area (Å²) >= 11 is 0. The quantitative estimate of drug-likeness (QED) is 0.225. The van der Waals surface area contributed by atoms with Gasteiger partial charge in [-0.15, -0.1) is 0 Å². The van der Waals surface area contributed by atoms with Crippen molar-refractivity contribution in [3.05, 3.63) is 64.4 Å². The van der Waals surface area contributed by atoms with Gasteiger partial charge in [0.2, 0.25) is 5.82 Å². The number of ether oxygens (including phenoxy) is 1. The van der Waals surface area contributed by atoms with Crippen molar-refractivity contribution < 1.29 is 41.0 Å². The largest absolute Gasteiger partial charge is 0.619 e. The molecule has 0 spiro atoms. The Labute approximate surface area is 136 Å². The van der Waals surface area contributed by atoms with Crippen LogP contribution in [0.1, 0.15) is 10.4 Å². The number of hydrogen-bond acceptors (Lipinski definition) is 4. The van der Waals surface area contributed by atoms with E-state index in [2.05, 4.69) is 4.74 Å². The van der Waals surface area contributed by atoms with E-state index in [4.69, 9.17) is 0 Å². The van der Waals surface area contributed by atoms with Crippen molar-refractivity contribution in [3.8, 4) is 0 Å². The Morgan fingerprint density at radius 2 is 1.44 bits per heavy atom. The number of aromatic nitrogens is 1. The lowest BCUT2D eigenvalue weighted by Gasteiger charge is -2.10. The van der Waals surface area contributed by atoms with Crippen LogP contribution in [0.15, 0.2) is 24.5 Å². The predicted molar refractivity (Wildman–Crippen MR) is 70.5 cm³/mol. The molecule has 0 saturated carbocycles. The number of carbonyl (C=O) groups excluding carboxylic acids is 2. The number of nitrogens with one attached hydrogen (secondary N) is 1. The van der Waals surface area contributed by atoms with E-state index < -0.39 is 53.3 Å². The van der Waals surface area contributed by atoms with E-state index in [0.29, 0.717) is 4.73 Å². The molecule has 6 nitrogen and oxygen atoms in total. The Morgan fingerprint density at radius 1 is 0.960 bits per heavy atom. The van der Waals surface area contributed by atoms with Crippen molar-refractivity contribution >= 4 is 17.6 Å². The van der Waals surface area contributed by atoms with Gasteiger partial charge in [-0.25, -0.2) is 26.7 Å². The summed E-state index contributed by atoms with van der Waals surface area (Å²) in [5.74, 6) is -13.7. The van der Waals surface area contributed by atoms with Gasteiger partial charge in [-0.3, -0.25) is 4.79 Å². The maximum absolute atomic E-state index is 13.4. The summed E-state index contributed by atoms with van der Waals surface area (Å²) < 4.78 is 70.5. The summed E-state index contributed by atoms with van der Waals surface area (Å²) in [7, 11) is 0. The number of nitrogens with zero attached hydrogens (tertiary/aromatic N) is 1. The van der Waals surface area contributed by atoms with Crippen LogP contribution in [0.3, 0.4) is 0 Å². The van der Waals surface area contributed by atoms with E-state index in [9.17, 15) is 36.7 Å². The minimum atomic E-state index is -2.38. The summed E-state index contributed by atoms with van der Waals surface area (Å²) in [6.45, 7) is -1.06. The molecule has 11 heteroatoms. The molecule has 25 heavy (non-hydrogen) atoms. The molecule has 2 rings (SSSR count). The molecule has 0 aliphatic heterocycles. The third-order valence-corrected chi connectivity index (χ3v) is 2.85. The van der Waals surface area contributed by atoms with E-state index in [1.54, 1.807) is 0 Å². The topological polar surface area (TPSA) is 82.3 Å². The van der Waals surface area contributed by atoms with Crippen molar-refractivity contribution in [3.63, 3.8) is 0 Å². The normalized spacial score (nSPS) is 10.4. The molecule has 0 saturated heterocycles. The summed E-state index contributed by atoms with van der Waals surface area (Å²) in [4.78, 5) is 23.1. The number of hydrogen-bond donors (Lipinski definition) is 1. The van der Waals surface area contributed by atoms with E-state index in [1.165, 1.54) is 5.32 Å². The number of esters is 1. The number of pyridine rings is 1. The lowest BCUT2D eigenvalue weighted by Crippen LogP contribution is -2.25.